The van der Waals surface area contributed by atoms with E-state index in [9.17, 15) is 13.5 Å². The molecule has 0 bridgehead atoms. The minimum absolute atomic E-state index is 0.149. The zero-order chi connectivity index (χ0) is 13.6. The zero-order valence-electron chi connectivity index (χ0n) is 10.5. The van der Waals surface area contributed by atoms with Crippen LogP contribution in [-0.4, -0.2) is 37.1 Å². The molecule has 0 spiro atoms. The summed E-state index contributed by atoms with van der Waals surface area (Å²) in [5, 5.41) is 18.0. The van der Waals surface area contributed by atoms with E-state index >= 15 is 0 Å². The highest BCUT2D eigenvalue weighted by molar-refractivity contribution is 7.91. The van der Waals surface area contributed by atoms with Crippen LogP contribution in [0.15, 0.2) is 29.2 Å². The Morgan fingerprint density at radius 2 is 2.06 bits per heavy atom. The second-order valence-electron chi connectivity index (χ2n) is 4.34. The van der Waals surface area contributed by atoms with Crippen LogP contribution in [0.1, 0.15) is 25.3 Å². The van der Waals surface area contributed by atoms with E-state index in [1.807, 2.05) is 13.0 Å². The molecule has 0 aliphatic carbocycles. The van der Waals surface area contributed by atoms with Gasteiger partial charge >= 0.3 is 0 Å². The number of aliphatic hydroxyl groups excluding tert-OH is 2. The predicted octanol–water partition coefficient (Wildman–Crippen LogP) is 1.16. The smallest absolute Gasteiger partial charge is 0.178 e. The van der Waals surface area contributed by atoms with Crippen molar-refractivity contribution < 1.29 is 18.6 Å². The van der Waals surface area contributed by atoms with Crippen molar-refractivity contribution in [2.75, 3.05) is 12.4 Å². The van der Waals surface area contributed by atoms with Gasteiger partial charge in [0.1, 0.15) is 0 Å². The third kappa shape index (κ3) is 4.40. The lowest BCUT2D eigenvalue weighted by Gasteiger charge is -2.08. The fourth-order valence-corrected chi connectivity index (χ4v) is 3.10. The summed E-state index contributed by atoms with van der Waals surface area (Å²) in [7, 11) is -3.19. The molecule has 0 saturated heterocycles. The number of hydrogen-bond acceptors (Lipinski definition) is 4. The van der Waals surface area contributed by atoms with Gasteiger partial charge in [-0.15, -0.1) is 0 Å². The molecule has 1 aromatic carbocycles. The number of aliphatic hydroxyl groups is 2. The van der Waals surface area contributed by atoms with Crippen LogP contribution >= 0.6 is 0 Å². The Kier molecular flexibility index (Phi) is 5.78. The molecule has 5 heteroatoms. The van der Waals surface area contributed by atoms with Crippen molar-refractivity contribution in [2.45, 2.75) is 37.2 Å². The molecule has 0 heterocycles. The molecule has 0 saturated carbocycles. The summed E-state index contributed by atoms with van der Waals surface area (Å²) >= 11 is 0. The van der Waals surface area contributed by atoms with Gasteiger partial charge < -0.3 is 10.2 Å². The minimum atomic E-state index is -3.19. The zero-order valence-corrected chi connectivity index (χ0v) is 11.4. The molecule has 1 aromatic rings. The Hall–Kier alpha value is -0.910. The van der Waals surface area contributed by atoms with Crippen molar-refractivity contribution >= 4 is 9.84 Å². The first-order valence-electron chi connectivity index (χ1n) is 6.10. The van der Waals surface area contributed by atoms with Gasteiger partial charge in [-0.3, -0.25) is 0 Å². The molecule has 4 nitrogen and oxygen atoms in total. The lowest BCUT2D eigenvalue weighted by molar-refractivity contribution is 0.0886. The van der Waals surface area contributed by atoms with Crippen LogP contribution in [0.2, 0.25) is 0 Å². The number of hydrogen-bond donors (Lipinski definition) is 2. The van der Waals surface area contributed by atoms with E-state index < -0.39 is 15.9 Å². The first kappa shape index (κ1) is 15.1. The Morgan fingerprint density at radius 1 is 1.33 bits per heavy atom. The molecule has 1 atom stereocenters. The van der Waals surface area contributed by atoms with Crippen LogP contribution in [0, 0.1) is 0 Å². The van der Waals surface area contributed by atoms with Gasteiger partial charge in [-0.05, 0) is 37.0 Å². The predicted molar refractivity (Wildman–Crippen MR) is 70.2 cm³/mol. The molecule has 0 radical (unpaired) electrons. The minimum Gasteiger partial charge on any atom is -0.394 e. The molecule has 0 aliphatic heterocycles. The molecule has 102 valence electrons. The molecule has 0 aliphatic rings. The lowest BCUT2D eigenvalue weighted by atomic mass is 10.1. The maximum atomic E-state index is 11.9. The van der Waals surface area contributed by atoms with E-state index in [1.54, 1.807) is 18.2 Å². The van der Waals surface area contributed by atoms with E-state index in [2.05, 4.69) is 0 Å². The summed E-state index contributed by atoms with van der Waals surface area (Å²) < 4.78 is 23.8. The van der Waals surface area contributed by atoms with Gasteiger partial charge in [0, 0.05) is 0 Å². The standard InChI is InChI=1S/C13H20O4S/c1-2-8-18(16,17)13-5-3-4-11(9-13)6-7-12(15)10-14/h3-5,9,12,14-15H,2,6-8,10H2,1H3. The molecule has 0 aromatic heterocycles. The molecule has 18 heavy (non-hydrogen) atoms. The van der Waals surface area contributed by atoms with Crippen LogP contribution in [0.4, 0.5) is 0 Å². The van der Waals surface area contributed by atoms with Gasteiger partial charge in [0.05, 0.1) is 23.4 Å². The largest absolute Gasteiger partial charge is 0.394 e. The van der Waals surface area contributed by atoms with Crippen LogP contribution in [0.25, 0.3) is 0 Å². The highest BCUT2D eigenvalue weighted by atomic mass is 32.2. The van der Waals surface area contributed by atoms with Gasteiger partial charge in [0.2, 0.25) is 0 Å². The SMILES string of the molecule is CCCS(=O)(=O)c1cccc(CCC(O)CO)c1. The number of aryl methyl sites for hydroxylation is 1. The molecule has 1 unspecified atom stereocenters. The second-order valence-corrected chi connectivity index (χ2v) is 6.45. The van der Waals surface area contributed by atoms with Crippen molar-refractivity contribution in [1.29, 1.82) is 0 Å². The monoisotopic (exact) mass is 272 g/mol. The second kappa shape index (κ2) is 6.87. The molecule has 1 rings (SSSR count). The molecule has 0 amide bonds. The maximum Gasteiger partial charge on any atom is 0.178 e. The van der Waals surface area contributed by atoms with Crippen LogP contribution in [-0.2, 0) is 16.3 Å². The summed E-state index contributed by atoms with van der Waals surface area (Å²) in [5.41, 5.74) is 0.861. The lowest BCUT2D eigenvalue weighted by Crippen LogP contribution is -2.13. The fourth-order valence-electron chi connectivity index (χ4n) is 1.71. The van der Waals surface area contributed by atoms with Gasteiger partial charge in [-0.1, -0.05) is 19.1 Å². The van der Waals surface area contributed by atoms with Crippen LogP contribution < -0.4 is 0 Å². The van der Waals surface area contributed by atoms with Gasteiger partial charge in [-0.25, -0.2) is 8.42 Å². The molecular weight excluding hydrogens is 252 g/mol. The Morgan fingerprint density at radius 3 is 2.67 bits per heavy atom. The molecular formula is C13H20O4S. The third-order valence-electron chi connectivity index (χ3n) is 2.71. The molecule has 2 N–H and O–H groups in total. The Balaban J connectivity index is 2.80. The first-order chi connectivity index (χ1) is 8.49. The quantitative estimate of drug-likeness (QED) is 0.781. The summed E-state index contributed by atoms with van der Waals surface area (Å²) in [5.74, 6) is 0.149. The molecule has 0 fully saturated rings. The average molecular weight is 272 g/mol. The topological polar surface area (TPSA) is 74.6 Å². The fraction of sp³-hybridized carbons (Fsp3) is 0.538. The summed E-state index contributed by atoms with van der Waals surface area (Å²) in [6.45, 7) is 1.56. The highest BCUT2D eigenvalue weighted by Crippen LogP contribution is 2.15. The van der Waals surface area contributed by atoms with Crippen molar-refractivity contribution in [3.8, 4) is 0 Å². The van der Waals surface area contributed by atoms with E-state index in [0.29, 0.717) is 24.2 Å². The normalized spacial score (nSPS) is 13.5. The summed E-state index contributed by atoms with van der Waals surface area (Å²) in [6, 6.07) is 6.78. The van der Waals surface area contributed by atoms with E-state index in [1.165, 1.54) is 0 Å². The number of benzene rings is 1. The summed E-state index contributed by atoms with van der Waals surface area (Å²) in [4.78, 5) is 0.334. The van der Waals surface area contributed by atoms with Crippen LogP contribution in [0.5, 0.6) is 0 Å². The average Bonchev–Trinajstić information content (AvgIpc) is 2.36. The summed E-state index contributed by atoms with van der Waals surface area (Å²) in [6.07, 6.45) is 0.821. The van der Waals surface area contributed by atoms with Crippen molar-refractivity contribution in [2.24, 2.45) is 0 Å². The van der Waals surface area contributed by atoms with E-state index in [-0.39, 0.29) is 12.4 Å². The van der Waals surface area contributed by atoms with Crippen molar-refractivity contribution in [3.05, 3.63) is 29.8 Å². The number of rotatable bonds is 7. The first-order valence-corrected chi connectivity index (χ1v) is 7.75. The maximum absolute atomic E-state index is 11.9. The van der Waals surface area contributed by atoms with E-state index in [4.69, 9.17) is 5.11 Å². The van der Waals surface area contributed by atoms with Gasteiger partial charge in [0.25, 0.3) is 0 Å². The Labute approximate surface area is 108 Å². The van der Waals surface area contributed by atoms with E-state index in [0.717, 1.165) is 5.56 Å². The van der Waals surface area contributed by atoms with Crippen molar-refractivity contribution in [1.82, 2.24) is 0 Å². The number of sulfone groups is 1. The highest BCUT2D eigenvalue weighted by Gasteiger charge is 2.13. The third-order valence-corrected chi connectivity index (χ3v) is 4.63. The van der Waals surface area contributed by atoms with Crippen LogP contribution in [0.3, 0.4) is 0 Å². The van der Waals surface area contributed by atoms with Gasteiger partial charge in [0.15, 0.2) is 9.84 Å². The Bertz CT molecular complexity index is 468. The van der Waals surface area contributed by atoms with Gasteiger partial charge in [-0.2, -0.15) is 0 Å². The van der Waals surface area contributed by atoms with Crippen molar-refractivity contribution in [3.63, 3.8) is 0 Å².